The van der Waals surface area contributed by atoms with Crippen LogP contribution in [0.5, 0.6) is 5.75 Å². The second kappa shape index (κ2) is 9.28. The largest absolute Gasteiger partial charge is 0.507 e. The lowest BCUT2D eigenvalue weighted by molar-refractivity contribution is -0.132. The molecule has 33 heavy (non-hydrogen) atoms. The fourth-order valence-electron chi connectivity index (χ4n) is 3.81. The second-order valence-corrected chi connectivity index (χ2v) is 8.52. The van der Waals surface area contributed by atoms with E-state index in [1.165, 1.54) is 4.90 Å². The standard InChI is InChI=1S/C27H26N2O4/c1-17(2)16-33-22-8-4-6-19(14-22)25(30)23-24(20-7-5-13-28-15-20)29(27(32)26(23)31)21-11-9-18(3)10-12-21/h4-15,17,24,30H,16H2,1-3H3/b25-23-. The lowest BCUT2D eigenvalue weighted by Crippen LogP contribution is -2.29. The number of pyridine rings is 1. The lowest BCUT2D eigenvalue weighted by Gasteiger charge is -2.25. The van der Waals surface area contributed by atoms with E-state index in [4.69, 9.17) is 4.74 Å². The quantitative estimate of drug-likeness (QED) is 0.328. The molecule has 1 fully saturated rings. The highest BCUT2D eigenvalue weighted by atomic mass is 16.5. The molecular formula is C27H26N2O4. The molecule has 0 radical (unpaired) electrons. The van der Waals surface area contributed by atoms with Crippen molar-refractivity contribution < 1.29 is 19.4 Å². The number of aliphatic hydroxyl groups excluding tert-OH is 1. The van der Waals surface area contributed by atoms with Gasteiger partial charge in [-0.15, -0.1) is 0 Å². The van der Waals surface area contributed by atoms with Crippen molar-refractivity contribution in [3.8, 4) is 5.75 Å². The summed E-state index contributed by atoms with van der Waals surface area (Å²) in [4.78, 5) is 31.9. The summed E-state index contributed by atoms with van der Waals surface area (Å²) < 4.78 is 5.78. The minimum absolute atomic E-state index is 0.0228. The van der Waals surface area contributed by atoms with Crippen molar-refractivity contribution in [1.82, 2.24) is 4.98 Å². The van der Waals surface area contributed by atoms with Crippen LogP contribution in [0.1, 0.15) is 36.6 Å². The Hall–Kier alpha value is -3.93. The normalized spacial score (nSPS) is 17.6. The van der Waals surface area contributed by atoms with Crippen LogP contribution in [-0.2, 0) is 9.59 Å². The van der Waals surface area contributed by atoms with E-state index in [1.807, 2.05) is 32.9 Å². The SMILES string of the molecule is Cc1ccc(N2C(=O)C(=O)/C(=C(\O)c3cccc(OCC(C)C)c3)C2c2cccnc2)cc1. The zero-order chi connectivity index (χ0) is 23.5. The van der Waals surface area contributed by atoms with Crippen molar-refractivity contribution in [2.75, 3.05) is 11.5 Å². The van der Waals surface area contributed by atoms with Crippen molar-refractivity contribution >= 4 is 23.1 Å². The van der Waals surface area contributed by atoms with E-state index >= 15 is 0 Å². The van der Waals surface area contributed by atoms with Gasteiger partial charge in [-0.05, 0) is 48.7 Å². The number of carbonyl (C=O) groups excluding carboxylic acids is 2. The number of Topliss-reactive ketones (excluding diaryl/α,β-unsaturated/α-hetero) is 1. The van der Waals surface area contributed by atoms with E-state index < -0.39 is 17.7 Å². The third kappa shape index (κ3) is 4.51. The Morgan fingerprint density at radius 1 is 1.09 bits per heavy atom. The molecule has 1 atom stereocenters. The third-order valence-electron chi connectivity index (χ3n) is 5.45. The van der Waals surface area contributed by atoms with Gasteiger partial charge in [0.25, 0.3) is 11.7 Å². The number of ether oxygens (including phenoxy) is 1. The Bertz CT molecular complexity index is 1200. The van der Waals surface area contributed by atoms with Gasteiger partial charge in [0.05, 0.1) is 18.2 Å². The summed E-state index contributed by atoms with van der Waals surface area (Å²) in [6, 6.07) is 17.0. The predicted molar refractivity (Wildman–Crippen MR) is 127 cm³/mol. The molecule has 2 heterocycles. The van der Waals surface area contributed by atoms with Crippen LogP contribution in [0.15, 0.2) is 78.6 Å². The number of nitrogens with zero attached hydrogens (tertiary/aromatic N) is 2. The number of ketones is 1. The highest BCUT2D eigenvalue weighted by molar-refractivity contribution is 6.51. The maximum atomic E-state index is 13.2. The van der Waals surface area contributed by atoms with E-state index in [2.05, 4.69) is 4.98 Å². The van der Waals surface area contributed by atoms with Crippen LogP contribution < -0.4 is 9.64 Å². The van der Waals surface area contributed by atoms with Crippen molar-refractivity contribution in [3.63, 3.8) is 0 Å². The fourth-order valence-corrected chi connectivity index (χ4v) is 3.81. The average Bonchev–Trinajstić information content (AvgIpc) is 3.09. The number of anilines is 1. The molecular weight excluding hydrogens is 416 g/mol. The molecule has 0 aliphatic carbocycles. The first-order chi connectivity index (χ1) is 15.9. The Balaban J connectivity index is 1.84. The van der Waals surface area contributed by atoms with Gasteiger partial charge in [-0.2, -0.15) is 0 Å². The van der Waals surface area contributed by atoms with Gasteiger partial charge in [0.15, 0.2) is 0 Å². The Morgan fingerprint density at radius 3 is 2.52 bits per heavy atom. The minimum Gasteiger partial charge on any atom is -0.507 e. The summed E-state index contributed by atoms with van der Waals surface area (Å²) in [5, 5.41) is 11.3. The van der Waals surface area contributed by atoms with Crippen LogP contribution in [0.2, 0.25) is 0 Å². The predicted octanol–water partition coefficient (Wildman–Crippen LogP) is 5.05. The van der Waals surface area contributed by atoms with Crippen LogP contribution in [-0.4, -0.2) is 28.4 Å². The first kappa shape index (κ1) is 22.3. The zero-order valence-corrected chi connectivity index (χ0v) is 18.9. The van der Waals surface area contributed by atoms with Gasteiger partial charge in [0.2, 0.25) is 0 Å². The number of aliphatic hydroxyl groups is 1. The van der Waals surface area contributed by atoms with Gasteiger partial charge in [-0.3, -0.25) is 19.5 Å². The molecule has 0 bridgehead atoms. The van der Waals surface area contributed by atoms with Crippen LogP contribution in [0.4, 0.5) is 5.69 Å². The number of aromatic nitrogens is 1. The van der Waals surface area contributed by atoms with Crippen LogP contribution in [0.3, 0.4) is 0 Å². The summed E-state index contributed by atoms with van der Waals surface area (Å²) in [6.45, 7) is 6.57. The molecule has 6 nitrogen and oxygen atoms in total. The van der Waals surface area contributed by atoms with Gasteiger partial charge in [-0.25, -0.2) is 0 Å². The van der Waals surface area contributed by atoms with E-state index in [0.717, 1.165) is 5.56 Å². The molecule has 1 N–H and O–H groups in total. The van der Waals surface area contributed by atoms with E-state index in [9.17, 15) is 14.7 Å². The number of aryl methyl sites for hydroxylation is 1. The molecule has 168 valence electrons. The summed E-state index contributed by atoms with van der Waals surface area (Å²) in [7, 11) is 0. The summed E-state index contributed by atoms with van der Waals surface area (Å²) >= 11 is 0. The summed E-state index contributed by atoms with van der Waals surface area (Å²) in [5.74, 6) is -0.755. The monoisotopic (exact) mass is 442 g/mol. The van der Waals surface area contributed by atoms with Gasteiger partial charge in [-0.1, -0.05) is 49.7 Å². The minimum atomic E-state index is -0.804. The van der Waals surface area contributed by atoms with E-state index in [0.29, 0.717) is 35.1 Å². The summed E-state index contributed by atoms with van der Waals surface area (Å²) in [6.07, 6.45) is 3.23. The van der Waals surface area contributed by atoms with Gasteiger partial charge in [0, 0.05) is 23.6 Å². The fraction of sp³-hybridized carbons (Fsp3) is 0.222. The maximum Gasteiger partial charge on any atom is 0.300 e. The second-order valence-electron chi connectivity index (χ2n) is 8.52. The number of amides is 1. The zero-order valence-electron chi connectivity index (χ0n) is 18.9. The van der Waals surface area contributed by atoms with Crippen LogP contribution in [0.25, 0.3) is 5.76 Å². The molecule has 1 saturated heterocycles. The molecule has 1 amide bonds. The molecule has 1 aliphatic rings. The Labute approximate surface area is 193 Å². The van der Waals surface area contributed by atoms with Gasteiger partial charge >= 0.3 is 0 Å². The highest BCUT2D eigenvalue weighted by Gasteiger charge is 2.47. The van der Waals surface area contributed by atoms with Crippen molar-refractivity contribution in [2.24, 2.45) is 5.92 Å². The van der Waals surface area contributed by atoms with E-state index in [-0.39, 0.29) is 11.3 Å². The van der Waals surface area contributed by atoms with Crippen molar-refractivity contribution in [3.05, 3.63) is 95.3 Å². The first-order valence-corrected chi connectivity index (χ1v) is 10.9. The first-order valence-electron chi connectivity index (χ1n) is 10.9. The number of benzene rings is 2. The molecule has 3 aromatic rings. The molecule has 2 aromatic carbocycles. The van der Waals surface area contributed by atoms with Crippen LogP contribution in [0, 0.1) is 12.8 Å². The molecule has 1 aromatic heterocycles. The molecule has 0 spiro atoms. The summed E-state index contributed by atoms with van der Waals surface area (Å²) in [5.41, 5.74) is 2.67. The Morgan fingerprint density at radius 2 is 1.85 bits per heavy atom. The van der Waals surface area contributed by atoms with Crippen LogP contribution >= 0.6 is 0 Å². The Kier molecular flexibility index (Phi) is 6.27. The molecule has 4 rings (SSSR count). The highest BCUT2D eigenvalue weighted by Crippen LogP contribution is 2.42. The lowest BCUT2D eigenvalue weighted by atomic mass is 9.96. The molecule has 6 heteroatoms. The smallest absolute Gasteiger partial charge is 0.300 e. The topological polar surface area (TPSA) is 79.7 Å². The number of hydrogen-bond donors (Lipinski definition) is 1. The average molecular weight is 443 g/mol. The number of rotatable bonds is 6. The van der Waals surface area contributed by atoms with Gasteiger partial charge < -0.3 is 9.84 Å². The maximum absolute atomic E-state index is 13.2. The van der Waals surface area contributed by atoms with E-state index in [1.54, 1.807) is 60.9 Å². The third-order valence-corrected chi connectivity index (χ3v) is 5.45. The van der Waals surface area contributed by atoms with Crippen molar-refractivity contribution in [2.45, 2.75) is 26.8 Å². The molecule has 1 aliphatic heterocycles. The number of hydrogen-bond acceptors (Lipinski definition) is 5. The molecule has 0 saturated carbocycles. The molecule has 1 unspecified atom stereocenters. The number of carbonyl (C=O) groups is 2. The van der Waals surface area contributed by atoms with Crippen molar-refractivity contribution in [1.29, 1.82) is 0 Å². The van der Waals surface area contributed by atoms with Gasteiger partial charge in [0.1, 0.15) is 11.5 Å².